The van der Waals surface area contributed by atoms with Gasteiger partial charge in [0.05, 0.1) is 17.4 Å². The number of carbonyl (C=O) groups excluding carboxylic acids is 1. The van der Waals surface area contributed by atoms with Crippen molar-refractivity contribution in [2.24, 2.45) is 0 Å². The van der Waals surface area contributed by atoms with E-state index in [-0.39, 0.29) is 11.9 Å². The first-order valence-electron chi connectivity index (χ1n) is 7.36. The van der Waals surface area contributed by atoms with Crippen LogP contribution in [0.15, 0.2) is 59.3 Å². The number of nitrogens with one attached hydrogen (secondary N) is 1. The molecule has 5 nitrogen and oxygen atoms in total. The van der Waals surface area contributed by atoms with Crippen LogP contribution in [-0.4, -0.2) is 16.0 Å². The van der Waals surface area contributed by atoms with Crippen molar-refractivity contribution in [1.29, 1.82) is 0 Å². The minimum atomic E-state index is -0.335. The number of amides is 1. The Bertz CT molecular complexity index is 739. The highest BCUT2D eigenvalue weighted by Crippen LogP contribution is 2.22. The molecule has 0 radical (unpaired) electrons. The van der Waals surface area contributed by atoms with E-state index in [0.29, 0.717) is 17.0 Å². The Morgan fingerprint density at radius 1 is 1.09 bits per heavy atom. The van der Waals surface area contributed by atoms with Crippen molar-refractivity contribution in [3.63, 3.8) is 0 Å². The Kier molecular flexibility index (Phi) is 4.19. The van der Waals surface area contributed by atoms with E-state index in [2.05, 4.69) is 15.5 Å². The quantitative estimate of drug-likeness (QED) is 0.803. The maximum Gasteiger partial charge on any atom is 0.257 e. The van der Waals surface area contributed by atoms with E-state index >= 15 is 0 Å². The van der Waals surface area contributed by atoms with Crippen molar-refractivity contribution in [2.75, 3.05) is 0 Å². The fourth-order valence-electron chi connectivity index (χ4n) is 2.53. The number of rotatable bonds is 4. The molecule has 5 heteroatoms. The molecular formula is C18H17N3O2. The first-order valence-corrected chi connectivity index (χ1v) is 7.36. The van der Waals surface area contributed by atoms with Crippen molar-refractivity contribution >= 4 is 5.91 Å². The smallest absolute Gasteiger partial charge is 0.257 e. The molecule has 0 aliphatic carbocycles. The van der Waals surface area contributed by atoms with Crippen LogP contribution in [0.2, 0.25) is 0 Å². The Balaban J connectivity index is 1.95. The molecule has 1 amide bonds. The van der Waals surface area contributed by atoms with Crippen LogP contribution >= 0.6 is 0 Å². The number of hydrogen-bond donors (Lipinski definition) is 1. The molecule has 1 N–H and O–H groups in total. The lowest BCUT2D eigenvalue weighted by molar-refractivity contribution is 0.0940. The zero-order valence-electron chi connectivity index (χ0n) is 13.0. The summed E-state index contributed by atoms with van der Waals surface area (Å²) < 4.78 is 5.08. The summed E-state index contributed by atoms with van der Waals surface area (Å²) in [6, 6.07) is 15.1. The summed E-state index contributed by atoms with van der Waals surface area (Å²) in [6.45, 7) is 3.48. The molecule has 1 aromatic carbocycles. The van der Waals surface area contributed by atoms with E-state index < -0.39 is 0 Å². The van der Waals surface area contributed by atoms with E-state index in [4.69, 9.17) is 4.52 Å². The van der Waals surface area contributed by atoms with E-state index in [9.17, 15) is 4.79 Å². The highest BCUT2D eigenvalue weighted by Gasteiger charge is 2.23. The van der Waals surface area contributed by atoms with Gasteiger partial charge >= 0.3 is 0 Å². The molecule has 3 rings (SSSR count). The van der Waals surface area contributed by atoms with Crippen LogP contribution < -0.4 is 5.32 Å². The van der Waals surface area contributed by atoms with Crippen LogP contribution in [0.25, 0.3) is 0 Å². The molecule has 1 atom stereocenters. The number of aromatic nitrogens is 2. The lowest BCUT2D eigenvalue weighted by Crippen LogP contribution is -2.30. The molecule has 0 saturated carbocycles. The van der Waals surface area contributed by atoms with Crippen LogP contribution in [0.3, 0.4) is 0 Å². The molecule has 116 valence electrons. The highest BCUT2D eigenvalue weighted by molar-refractivity contribution is 5.96. The van der Waals surface area contributed by atoms with Gasteiger partial charge in [-0.2, -0.15) is 0 Å². The van der Waals surface area contributed by atoms with Gasteiger partial charge in [0.25, 0.3) is 5.91 Å². The fraction of sp³-hybridized carbons (Fsp3) is 0.167. The molecule has 0 fully saturated rings. The van der Waals surface area contributed by atoms with Gasteiger partial charge in [-0.3, -0.25) is 9.78 Å². The summed E-state index contributed by atoms with van der Waals surface area (Å²) in [7, 11) is 0. The number of carbonyl (C=O) groups is 1. The van der Waals surface area contributed by atoms with Crippen LogP contribution in [0, 0.1) is 13.8 Å². The van der Waals surface area contributed by atoms with E-state index in [0.717, 1.165) is 11.3 Å². The summed E-state index contributed by atoms with van der Waals surface area (Å²) >= 11 is 0. The van der Waals surface area contributed by atoms with Crippen LogP contribution in [-0.2, 0) is 0 Å². The first kappa shape index (κ1) is 15.0. The average Bonchev–Trinajstić information content (AvgIpc) is 2.93. The summed E-state index contributed by atoms with van der Waals surface area (Å²) in [6.07, 6.45) is 1.72. The standard InChI is InChI=1S/C18H17N3O2/c1-12-16(13(2)23-21-12)18(22)20-17(14-8-4-3-5-9-14)15-10-6-7-11-19-15/h3-11,17H,1-2H3,(H,20,22). The highest BCUT2D eigenvalue weighted by atomic mass is 16.5. The fourth-order valence-corrected chi connectivity index (χ4v) is 2.53. The van der Waals surface area contributed by atoms with E-state index in [1.54, 1.807) is 20.0 Å². The number of benzene rings is 1. The third kappa shape index (κ3) is 3.13. The van der Waals surface area contributed by atoms with Crippen molar-refractivity contribution in [1.82, 2.24) is 15.5 Å². The van der Waals surface area contributed by atoms with Gasteiger partial charge in [0, 0.05) is 6.20 Å². The maximum atomic E-state index is 12.7. The molecule has 0 aliphatic rings. The second kappa shape index (κ2) is 6.44. The number of pyridine rings is 1. The van der Waals surface area contributed by atoms with Crippen LogP contribution in [0.1, 0.15) is 39.1 Å². The van der Waals surface area contributed by atoms with Gasteiger partial charge in [-0.15, -0.1) is 0 Å². The Hall–Kier alpha value is -2.95. The van der Waals surface area contributed by atoms with Crippen LogP contribution in [0.4, 0.5) is 0 Å². The number of nitrogens with zero attached hydrogens (tertiary/aromatic N) is 2. The van der Waals surface area contributed by atoms with Crippen molar-refractivity contribution in [3.8, 4) is 0 Å². The van der Waals surface area contributed by atoms with Crippen molar-refractivity contribution in [3.05, 3.63) is 83.0 Å². The number of aryl methyl sites for hydroxylation is 2. The predicted molar refractivity (Wildman–Crippen MR) is 86.0 cm³/mol. The van der Waals surface area contributed by atoms with Gasteiger partial charge in [-0.05, 0) is 31.5 Å². The zero-order chi connectivity index (χ0) is 16.2. The minimum Gasteiger partial charge on any atom is -0.361 e. The third-order valence-electron chi connectivity index (χ3n) is 3.65. The predicted octanol–water partition coefficient (Wildman–Crippen LogP) is 3.21. The van der Waals surface area contributed by atoms with Gasteiger partial charge in [-0.25, -0.2) is 0 Å². The van der Waals surface area contributed by atoms with Crippen molar-refractivity contribution < 1.29 is 9.32 Å². The molecule has 0 bridgehead atoms. The summed E-state index contributed by atoms with van der Waals surface area (Å²) in [4.78, 5) is 17.0. The topological polar surface area (TPSA) is 68.0 Å². The van der Waals surface area contributed by atoms with Crippen LogP contribution in [0.5, 0.6) is 0 Å². The summed E-state index contributed by atoms with van der Waals surface area (Å²) in [5, 5.41) is 6.87. The number of hydrogen-bond acceptors (Lipinski definition) is 4. The third-order valence-corrected chi connectivity index (χ3v) is 3.65. The second-order valence-corrected chi connectivity index (χ2v) is 5.27. The van der Waals surface area contributed by atoms with Gasteiger partial charge < -0.3 is 9.84 Å². The van der Waals surface area contributed by atoms with Gasteiger partial charge in [0.2, 0.25) is 0 Å². The summed E-state index contributed by atoms with van der Waals surface area (Å²) in [5.41, 5.74) is 2.79. The van der Waals surface area contributed by atoms with E-state index in [1.165, 1.54) is 0 Å². The molecule has 23 heavy (non-hydrogen) atoms. The molecule has 0 spiro atoms. The first-order chi connectivity index (χ1) is 11.2. The largest absolute Gasteiger partial charge is 0.361 e. The van der Waals surface area contributed by atoms with Crippen molar-refractivity contribution in [2.45, 2.75) is 19.9 Å². The molecule has 0 saturated heterocycles. The maximum absolute atomic E-state index is 12.7. The lowest BCUT2D eigenvalue weighted by Gasteiger charge is -2.18. The Morgan fingerprint density at radius 2 is 1.83 bits per heavy atom. The minimum absolute atomic E-state index is 0.222. The zero-order valence-corrected chi connectivity index (χ0v) is 13.0. The van der Waals surface area contributed by atoms with Gasteiger partial charge in [0.1, 0.15) is 11.3 Å². The summed E-state index contributed by atoms with van der Waals surface area (Å²) in [5.74, 6) is 0.286. The SMILES string of the molecule is Cc1noc(C)c1C(=O)NC(c1ccccc1)c1ccccn1. The molecular weight excluding hydrogens is 290 g/mol. The molecule has 1 unspecified atom stereocenters. The van der Waals surface area contributed by atoms with Gasteiger partial charge in [0.15, 0.2) is 0 Å². The van der Waals surface area contributed by atoms with E-state index in [1.807, 2.05) is 48.5 Å². The average molecular weight is 307 g/mol. The molecule has 2 heterocycles. The molecule has 0 aliphatic heterocycles. The normalized spacial score (nSPS) is 11.9. The van der Waals surface area contributed by atoms with Gasteiger partial charge in [-0.1, -0.05) is 41.6 Å². The molecule has 3 aromatic rings. The lowest BCUT2D eigenvalue weighted by atomic mass is 10.0. The second-order valence-electron chi connectivity index (χ2n) is 5.27. The monoisotopic (exact) mass is 307 g/mol. The Morgan fingerprint density at radius 3 is 2.43 bits per heavy atom. The Labute approximate surface area is 134 Å². The molecule has 2 aromatic heterocycles.